The zero-order valence-electron chi connectivity index (χ0n) is 17.0. The monoisotopic (exact) mass is 397 g/mol. The predicted octanol–water partition coefficient (Wildman–Crippen LogP) is 4.49. The maximum Gasteiger partial charge on any atom is 0.119 e. The van der Waals surface area contributed by atoms with Crippen LogP contribution in [0.2, 0.25) is 0 Å². The number of rotatable bonds is 5. The number of carbonyl (C=O) groups is 1. The number of piperazine rings is 1. The van der Waals surface area contributed by atoms with Crippen molar-refractivity contribution in [3.05, 3.63) is 54.1 Å². The summed E-state index contributed by atoms with van der Waals surface area (Å²) >= 11 is 1.92. The first-order valence-corrected chi connectivity index (χ1v) is 11.0. The van der Waals surface area contributed by atoms with Gasteiger partial charge in [0.15, 0.2) is 0 Å². The molecule has 2 heterocycles. The molecule has 4 rings (SSSR count). The fourth-order valence-corrected chi connectivity index (χ4v) is 4.51. The highest BCUT2D eigenvalue weighted by molar-refractivity contribution is 7.97. The highest BCUT2D eigenvalue weighted by Crippen LogP contribution is 2.32. The molecular formula is C23H31N3OS. The van der Waals surface area contributed by atoms with Crippen LogP contribution in [0.25, 0.3) is 0 Å². The van der Waals surface area contributed by atoms with Gasteiger partial charge in [-0.1, -0.05) is 25.1 Å². The first-order chi connectivity index (χ1) is 13.7. The van der Waals surface area contributed by atoms with E-state index in [-0.39, 0.29) is 0 Å². The van der Waals surface area contributed by atoms with Crippen molar-refractivity contribution in [2.75, 3.05) is 49.6 Å². The number of unbranched alkanes of at least 4 members (excludes halogenated alkanes) is 1. The summed E-state index contributed by atoms with van der Waals surface area (Å²) in [6.07, 6.45) is 3.80. The Morgan fingerprint density at radius 3 is 2.39 bits per heavy atom. The summed E-state index contributed by atoms with van der Waals surface area (Å²) in [4.78, 5) is 15.6. The number of nitrogens with zero attached hydrogens (tertiary/aromatic N) is 3. The minimum atomic E-state index is 0.708. The van der Waals surface area contributed by atoms with Crippen LogP contribution in [0, 0.1) is 0 Å². The number of benzene rings is 2. The van der Waals surface area contributed by atoms with Gasteiger partial charge in [-0.05, 0) is 60.7 Å². The minimum absolute atomic E-state index is 0.708. The summed E-state index contributed by atoms with van der Waals surface area (Å²) in [5, 5.41) is 0. The largest absolute Gasteiger partial charge is 0.374 e. The van der Waals surface area contributed by atoms with E-state index in [0.717, 1.165) is 45.4 Å². The Bertz CT molecular complexity index is 745. The van der Waals surface area contributed by atoms with Crippen LogP contribution in [-0.2, 0) is 11.2 Å². The van der Waals surface area contributed by atoms with E-state index in [4.69, 9.17) is 0 Å². The molecule has 1 saturated heterocycles. The van der Waals surface area contributed by atoms with E-state index < -0.39 is 0 Å². The molecule has 0 aliphatic carbocycles. The maximum absolute atomic E-state index is 9.40. The SMILES string of the molecule is CCCC=O.CN1CCc2cc(SN3CCN(c4ccccc4)CC3)ccc21. The molecule has 2 aliphatic rings. The van der Waals surface area contributed by atoms with Gasteiger partial charge in [0.1, 0.15) is 6.29 Å². The molecule has 0 spiro atoms. The Morgan fingerprint density at radius 2 is 1.75 bits per heavy atom. The first-order valence-electron chi connectivity index (χ1n) is 10.2. The smallest absolute Gasteiger partial charge is 0.119 e. The second-order valence-corrected chi connectivity index (χ2v) is 8.43. The highest BCUT2D eigenvalue weighted by atomic mass is 32.2. The molecule has 0 amide bonds. The van der Waals surface area contributed by atoms with Gasteiger partial charge in [-0.15, -0.1) is 0 Å². The lowest BCUT2D eigenvalue weighted by Gasteiger charge is -2.35. The lowest BCUT2D eigenvalue weighted by molar-refractivity contribution is -0.107. The molecule has 0 aromatic heterocycles. The number of para-hydroxylation sites is 1. The number of aldehydes is 1. The van der Waals surface area contributed by atoms with E-state index in [1.165, 1.54) is 28.3 Å². The van der Waals surface area contributed by atoms with Gasteiger partial charge in [0.2, 0.25) is 0 Å². The summed E-state index contributed by atoms with van der Waals surface area (Å²) in [7, 11) is 2.18. The Labute approximate surface area is 173 Å². The van der Waals surface area contributed by atoms with Crippen molar-refractivity contribution >= 4 is 29.6 Å². The van der Waals surface area contributed by atoms with Crippen LogP contribution in [0.15, 0.2) is 53.4 Å². The van der Waals surface area contributed by atoms with Crippen molar-refractivity contribution in [1.29, 1.82) is 0 Å². The fraction of sp³-hybridized carbons (Fsp3) is 0.435. The van der Waals surface area contributed by atoms with Crippen LogP contribution < -0.4 is 9.80 Å². The summed E-state index contributed by atoms with van der Waals surface area (Å²) < 4.78 is 2.50. The molecule has 0 bridgehead atoms. The Kier molecular flexibility index (Phi) is 7.80. The maximum atomic E-state index is 9.40. The summed E-state index contributed by atoms with van der Waals surface area (Å²) in [6.45, 7) is 7.55. The molecular weight excluding hydrogens is 366 g/mol. The quantitative estimate of drug-likeness (QED) is 0.547. The van der Waals surface area contributed by atoms with E-state index in [1.807, 2.05) is 18.9 Å². The number of hydrogen-bond donors (Lipinski definition) is 0. The summed E-state index contributed by atoms with van der Waals surface area (Å²) in [6, 6.07) is 17.7. The van der Waals surface area contributed by atoms with Crippen LogP contribution >= 0.6 is 11.9 Å². The summed E-state index contributed by atoms with van der Waals surface area (Å²) in [5.74, 6) is 0. The molecule has 0 atom stereocenters. The Morgan fingerprint density at radius 1 is 1.00 bits per heavy atom. The lowest BCUT2D eigenvalue weighted by atomic mass is 10.2. The number of hydrogen-bond acceptors (Lipinski definition) is 5. The highest BCUT2D eigenvalue weighted by Gasteiger charge is 2.20. The number of fused-ring (bicyclic) bond motifs is 1. The van der Waals surface area contributed by atoms with E-state index in [2.05, 4.69) is 69.7 Å². The van der Waals surface area contributed by atoms with E-state index >= 15 is 0 Å². The molecule has 150 valence electrons. The van der Waals surface area contributed by atoms with Gasteiger partial charge in [-0.3, -0.25) is 0 Å². The Balaban J connectivity index is 0.000000403. The average Bonchev–Trinajstić information content (AvgIpc) is 3.10. The second-order valence-electron chi connectivity index (χ2n) is 7.26. The predicted molar refractivity (Wildman–Crippen MR) is 120 cm³/mol. The van der Waals surface area contributed by atoms with E-state index in [1.54, 1.807) is 0 Å². The number of carbonyl (C=O) groups excluding carboxylic acids is 1. The molecule has 5 heteroatoms. The normalized spacial score (nSPS) is 16.4. The van der Waals surface area contributed by atoms with Crippen molar-refractivity contribution in [3.63, 3.8) is 0 Å². The van der Waals surface area contributed by atoms with Gasteiger partial charge >= 0.3 is 0 Å². The molecule has 0 unspecified atom stereocenters. The number of anilines is 2. The molecule has 2 aromatic carbocycles. The first kappa shape index (κ1) is 20.7. The number of likely N-dealkylation sites (N-methyl/N-ethyl adjacent to an activating group) is 1. The van der Waals surface area contributed by atoms with Crippen molar-refractivity contribution in [1.82, 2.24) is 4.31 Å². The van der Waals surface area contributed by atoms with Crippen molar-refractivity contribution in [2.45, 2.75) is 31.1 Å². The third kappa shape index (κ3) is 5.52. The molecule has 0 saturated carbocycles. The van der Waals surface area contributed by atoms with Gasteiger partial charge in [0, 0.05) is 62.5 Å². The second kappa shape index (κ2) is 10.5. The van der Waals surface area contributed by atoms with Gasteiger partial charge in [0.05, 0.1) is 0 Å². The average molecular weight is 398 g/mol. The molecule has 0 radical (unpaired) electrons. The minimum Gasteiger partial charge on any atom is -0.374 e. The van der Waals surface area contributed by atoms with Crippen LogP contribution in [0.3, 0.4) is 0 Å². The Hall–Kier alpha value is -1.98. The third-order valence-corrected chi connectivity index (χ3v) is 6.27. The molecule has 2 aliphatic heterocycles. The van der Waals surface area contributed by atoms with Crippen molar-refractivity contribution in [3.8, 4) is 0 Å². The standard InChI is InChI=1S/C19H23N3S.C4H8O/c1-20-10-9-16-15-18(7-8-19(16)20)23-22-13-11-21(12-14-22)17-5-3-2-4-6-17;1-2-3-4-5/h2-8,15H,9-14H2,1H3;4H,2-3H2,1H3. The van der Waals surface area contributed by atoms with Crippen molar-refractivity contribution < 1.29 is 4.79 Å². The molecule has 28 heavy (non-hydrogen) atoms. The van der Waals surface area contributed by atoms with E-state index in [0.29, 0.717) is 6.42 Å². The zero-order valence-corrected chi connectivity index (χ0v) is 17.8. The zero-order chi connectivity index (χ0) is 19.8. The van der Waals surface area contributed by atoms with Gasteiger partial charge in [0.25, 0.3) is 0 Å². The third-order valence-electron chi connectivity index (χ3n) is 5.18. The van der Waals surface area contributed by atoms with Gasteiger partial charge in [-0.2, -0.15) is 0 Å². The van der Waals surface area contributed by atoms with Crippen LogP contribution in [-0.4, -0.2) is 50.4 Å². The molecule has 4 nitrogen and oxygen atoms in total. The van der Waals surface area contributed by atoms with Crippen LogP contribution in [0.1, 0.15) is 25.3 Å². The lowest BCUT2D eigenvalue weighted by Crippen LogP contribution is -2.43. The van der Waals surface area contributed by atoms with Crippen LogP contribution in [0.5, 0.6) is 0 Å². The van der Waals surface area contributed by atoms with Crippen LogP contribution in [0.4, 0.5) is 11.4 Å². The molecule has 0 N–H and O–H groups in total. The van der Waals surface area contributed by atoms with E-state index in [9.17, 15) is 4.79 Å². The van der Waals surface area contributed by atoms with Gasteiger partial charge < -0.3 is 14.6 Å². The molecule has 2 aromatic rings. The molecule has 1 fully saturated rings. The topological polar surface area (TPSA) is 26.8 Å². The van der Waals surface area contributed by atoms with Crippen molar-refractivity contribution in [2.24, 2.45) is 0 Å². The fourth-order valence-electron chi connectivity index (χ4n) is 3.54. The van der Waals surface area contributed by atoms with Gasteiger partial charge in [-0.25, -0.2) is 4.31 Å². The summed E-state index contributed by atoms with van der Waals surface area (Å²) in [5.41, 5.74) is 4.25.